The number of carbonyl (C=O) groups is 1. The van der Waals surface area contributed by atoms with Crippen molar-refractivity contribution in [1.29, 1.82) is 0 Å². The second-order valence-corrected chi connectivity index (χ2v) is 4.16. The first-order chi connectivity index (χ1) is 8.59. The van der Waals surface area contributed by atoms with E-state index in [0.717, 1.165) is 11.1 Å². The molecule has 2 aromatic carbocycles. The summed E-state index contributed by atoms with van der Waals surface area (Å²) in [5, 5.41) is 0. The van der Waals surface area contributed by atoms with E-state index < -0.39 is 5.91 Å². The first-order valence-corrected chi connectivity index (χ1v) is 5.72. The van der Waals surface area contributed by atoms with Crippen LogP contribution in [-0.4, -0.2) is 5.91 Å². The summed E-state index contributed by atoms with van der Waals surface area (Å²) in [5.74, 6) is 0.742. The lowest BCUT2D eigenvalue weighted by atomic mass is 10.0. The van der Waals surface area contributed by atoms with E-state index in [1.807, 2.05) is 50.2 Å². The molecule has 92 valence electrons. The Hall–Kier alpha value is -2.29. The molecule has 3 nitrogen and oxygen atoms in total. The molecule has 0 saturated carbocycles. The maximum atomic E-state index is 11.4. The van der Waals surface area contributed by atoms with Crippen LogP contribution in [-0.2, 0) is 0 Å². The fourth-order valence-electron chi connectivity index (χ4n) is 1.72. The summed E-state index contributed by atoms with van der Waals surface area (Å²) in [5.41, 5.74) is 7.76. The van der Waals surface area contributed by atoms with Gasteiger partial charge in [0.25, 0.3) is 5.91 Å². The van der Waals surface area contributed by atoms with E-state index in [1.54, 1.807) is 6.07 Å². The maximum absolute atomic E-state index is 11.4. The van der Waals surface area contributed by atoms with Crippen LogP contribution in [0.3, 0.4) is 0 Å². The average Bonchev–Trinajstić information content (AvgIpc) is 2.36. The minimum Gasteiger partial charge on any atom is -0.456 e. The second-order valence-electron chi connectivity index (χ2n) is 4.16. The molecular formula is C15H15NO2. The van der Waals surface area contributed by atoms with Gasteiger partial charge in [0.15, 0.2) is 0 Å². The zero-order chi connectivity index (χ0) is 13.1. The number of carbonyl (C=O) groups excluding carboxylic acids is 1. The van der Waals surface area contributed by atoms with Gasteiger partial charge in [0, 0.05) is 0 Å². The number of ether oxygens (including phenoxy) is 1. The number of hydrogen-bond donors (Lipinski definition) is 1. The molecule has 0 aliphatic rings. The number of para-hydroxylation sites is 1. The smallest absolute Gasteiger partial charge is 0.252 e. The lowest BCUT2D eigenvalue weighted by Gasteiger charge is -2.13. The Labute approximate surface area is 106 Å². The molecule has 1 amide bonds. The average molecular weight is 241 g/mol. The van der Waals surface area contributed by atoms with Gasteiger partial charge in [0.2, 0.25) is 0 Å². The van der Waals surface area contributed by atoms with Gasteiger partial charge >= 0.3 is 0 Å². The Kier molecular flexibility index (Phi) is 3.33. The summed E-state index contributed by atoms with van der Waals surface area (Å²) < 4.78 is 5.78. The molecule has 0 fully saturated rings. The Morgan fingerprint density at radius 2 is 1.72 bits per heavy atom. The molecule has 0 aliphatic carbocycles. The molecule has 0 saturated heterocycles. The number of amides is 1. The van der Waals surface area contributed by atoms with Gasteiger partial charge in [0.05, 0.1) is 5.56 Å². The highest BCUT2D eigenvalue weighted by Crippen LogP contribution is 2.30. The van der Waals surface area contributed by atoms with Gasteiger partial charge in [-0.3, -0.25) is 4.79 Å². The molecule has 0 atom stereocenters. The first kappa shape index (κ1) is 12.2. The van der Waals surface area contributed by atoms with Gasteiger partial charge in [0.1, 0.15) is 11.5 Å². The Morgan fingerprint density at radius 3 is 2.33 bits per heavy atom. The van der Waals surface area contributed by atoms with E-state index in [-0.39, 0.29) is 0 Å². The number of aryl methyl sites for hydroxylation is 1. The molecular weight excluding hydrogens is 226 g/mol. The van der Waals surface area contributed by atoms with E-state index in [9.17, 15) is 4.79 Å². The Bertz CT molecular complexity index is 577. The van der Waals surface area contributed by atoms with E-state index in [1.165, 1.54) is 0 Å². The normalized spacial score (nSPS) is 10.1. The van der Waals surface area contributed by atoms with Gasteiger partial charge in [-0.15, -0.1) is 0 Å². The summed E-state index contributed by atoms with van der Waals surface area (Å²) in [6, 6.07) is 12.9. The zero-order valence-electron chi connectivity index (χ0n) is 10.4. The van der Waals surface area contributed by atoms with Crippen LogP contribution in [0.25, 0.3) is 0 Å². The Morgan fingerprint density at radius 1 is 1.06 bits per heavy atom. The quantitative estimate of drug-likeness (QED) is 0.897. The predicted octanol–water partition coefficient (Wildman–Crippen LogP) is 3.19. The number of nitrogens with two attached hydrogens (primary N) is 1. The maximum Gasteiger partial charge on any atom is 0.252 e. The van der Waals surface area contributed by atoms with Gasteiger partial charge in [-0.25, -0.2) is 0 Å². The van der Waals surface area contributed by atoms with Gasteiger partial charge in [-0.05, 0) is 43.2 Å². The van der Waals surface area contributed by atoms with Crippen LogP contribution in [0.1, 0.15) is 21.5 Å². The summed E-state index contributed by atoms with van der Waals surface area (Å²) in [7, 11) is 0. The lowest BCUT2D eigenvalue weighted by Crippen LogP contribution is -2.13. The van der Waals surface area contributed by atoms with Crippen molar-refractivity contribution >= 4 is 5.91 Å². The van der Waals surface area contributed by atoms with Crippen LogP contribution in [0, 0.1) is 13.8 Å². The van der Waals surface area contributed by atoms with Gasteiger partial charge in [-0.2, -0.15) is 0 Å². The molecule has 2 N–H and O–H groups in total. The molecule has 18 heavy (non-hydrogen) atoms. The minimum absolute atomic E-state index is 0.405. The fourth-order valence-corrected chi connectivity index (χ4v) is 1.72. The van der Waals surface area contributed by atoms with Crippen LogP contribution < -0.4 is 10.5 Å². The van der Waals surface area contributed by atoms with E-state index in [0.29, 0.717) is 17.1 Å². The molecule has 0 heterocycles. The van der Waals surface area contributed by atoms with Crippen molar-refractivity contribution in [3.05, 3.63) is 59.2 Å². The number of rotatable bonds is 3. The molecule has 3 heteroatoms. The van der Waals surface area contributed by atoms with Crippen molar-refractivity contribution in [1.82, 2.24) is 0 Å². The number of benzene rings is 2. The summed E-state index contributed by atoms with van der Waals surface area (Å²) in [6.45, 7) is 3.89. The van der Waals surface area contributed by atoms with Crippen LogP contribution >= 0.6 is 0 Å². The van der Waals surface area contributed by atoms with E-state index >= 15 is 0 Å². The third-order valence-corrected chi connectivity index (χ3v) is 2.91. The van der Waals surface area contributed by atoms with Crippen LogP contribution in [0.15, 0.2) is 42.5 Å². The van der Waals surface area contributed by atoms with Crippen molar-refractivity contribution in [2.24, 2.45) is 5.73 Å². The van der Waals surface area contributed by atoms with E-state index in [2.05, 4.69) is 0 Å². The molecule has 0 bridgehead atoms. The standard InChI is InChI=1S/C15H15NO2/c1-10-8-9-13(15(16)17)14(11(10)2)18-12-6-4-3-5-7-12/h3-9H,1-2H3,(H2,16,17). The Balaban J connectivity index is 2.48. The first-order valence-electron chi connectivity index (χ1n) is 5.72. The molecule has 2 rings (SSSR count). The highest BCUT2D eigenvalue weighted by atomic mass is 16.5. The van der Waals surface area contributed by atoms with Crippen molar-refractivity contribution in [3.63, 3.8) is 0 Å². The topological polar surface area (TPSA) is 52.3 Å². The van der Waals surface area contributed by atoms with Crippen LogP contribution in [0.2, 0.25) is 0 Å². The van der Waals surface area contributed by atoms with Crippen LogP contribution in [0.5, 0.6) is 11.5 Å². The molecule has 2 aromatic rings. The van der Waals surface area contributed by atoms with Gasteiger partial charge < -0.3 is 10.5 Å². The number of hydrogen-bond acceptors (Lipinski definition) is 2. The predicted molar refractivity (Wildman–Crippen MR) is 70.9 cm³/mol. The molecule has 0 aromatic heterocycles. The van der Waals surface area contributed by atoms with E-state index in [4.69, 9.17) is 10.5 Å². The SMILES string of the molecule is Cc1ccc(C(N)=O)c(Oc2ccccc2)c1C. The molecule has 0 aliphatic heterocycles. The van der Waals surface area contributed by atoms with Crippen molar-refractivity contribution < 1.29 is 9.53 Å². The highest BCUT2D eigenvalue weighted by molar-refractivity contribution is 5.96. The molecule has 0 unspecified atom stereocenters. The van der Waals surface area contributed by atoms with Crippen molar-refractivity contribution in [3.8, 4) is 11.5 Å². The third kappa shape index (κ3) is 2.35. The van der Waals surface area contributed by atoms with Gasteiger partial charge in [-0.1, -0.05) is 24.3 Å². The molecule has 0 spiro atoms. The van der Waals surface area contributed by atoms with Crippen molar-refractivity contribution in [2.75, 3.05) is 0 Å². The second kappa shape index (κ2) is 4.92. The lowest BCUT2D eigenvalue weighted by molar-refractivity contribution is 0.0998. The zero-order valence-corrected chi connectivity index (χ0v) is 10.4. The summed E-state index contributed by atoms with van der Waals surface area (Å²) in [4.78, 5) is 11.4. The van der Waals surface area contributed by atoms with Crippen LogP contribution in [0.4, 0.5) is 0 Å². The minimum atomic E-state index is -0.482. The fraction of sp³-hybridized carbons (Fsp3) is 0.133. The number of primary amides is 1. The summed E-state index contributed by atoms with van der Waals surface area (Å²) >= 11 is 0. The largest absolute Gasteiger partial charge is 0.456 e. The molecule has 0 radical (unpaired) electrons. The summed E-state index contributed by atoms with van der Waals surface area (Å²) in [6.07, 6.45) is 0. The van der Waals surface area contributed by atoms with Crippen molar-refractivity contribution in [2.45, 2.75) is 13.8 Å². The highest BCUT2D eigenvalue weighted by Gasteiger charge is 2.14. The monoisotopic (exact) mass is 241 g/mol. The third-order valence-electron chi connectivity index (χ3n) is 2.91.